The van der Waals surface area contributed by atoms with Crippen LogP contribution in [0.2, 0.25) is 0 Å². The predicted octanol–water partition coefficient (Wildman–Crippen LogP) is 5.52. The van der Waals surface area contributed by atoms with Crippen LogP contribution in [-0.4, -0.2) is 46.0 Å². The SMILES string of the molecule is CCC(C)C(NC(=O)OC(C)(C)C)C(=O)N(C(C)CC)C(C(=O)NC(C)(C)C)c1cccc(C)c1. The van der Waals surface area contributed by atoms with Gasteiger partial charge in [0, 0.05) is 11.6 Å². The molecule has 198 valence electrons. The number of hydrogen-bond acceptors (Lipinski definition) is 4. The van der Waals surface area contributed by atoms with E-state index in [1.807, 2.05) is 79.7 Å². The Hall–Kier alpha value is -2.57. The number of nitrogens with one attached hydrogen (secondary N) is 2. The van der Waals surface area contributed by atoms with Crippen molar-refractivity contribution in [1.82, 2.24) is 15.5 Å². The van der Waals surface area contributed by atoms with Crippen molar-refractivity contribution in [1.29, 1.82) is 0 Å². The van der Waals surface area contributed by atoms with Gasteiger partial charge in [0.05, 0.1) is 0 Å². The number of hydrogen-bond donors (Lipinski definition) is 2. The second-order valence-corrected chi connectivity index (χ2v) is 11.6. The Morgan fingerprint density at radius 2 is 1.60 bits per heavy atom. The van der Waals surface area contributed by atoms with E-state index in [2.05, 4.69) is 10.6 Å². The van der Waals surface area contributed by atoms with E-state index >= 15 is 0 Å². The highest BCUT2D eigenvalue weighted by Crippen LogP contribution is 2.29. The van der Waals surface area contributed by atoms with Gasteiger partial charge >= 0.3 is 6.09 Å². The predicted molar refractivity (Wildman–Crippen MR) is 141 cm³/mol. The maximum atomic E-state index is 14.2. The monoisotopic (exact) mass is 489 g/mol. The molecule has 1 rings (SSSR count). The fourth-order valence-corrected chi connectivity index (χ4v) is 3.79. The molecule has 4 unspecified atom stereocenters. The van der Waals surface area contributed by atoms with Gasteiger partial charge < -0.3 is 20.3 Å². The quantitative estimate of drug-likeness (QED) is 0.478. The number of aryl methyl sites for hydroxylation is 1. The fourth-order valence-electron chi connectivity index (χ4n) is 3.79. The van der Waals surface area contributed by atoms with Crippen LogP contribution in [0.4, 0.5) is 4.79 Å². The van der Waals surface area contributed by atoms with Crippen molar-refractivity contribution in [3.63, 3.8) is 0 Å². The van der Waals surface area contributed by atoms with Gasteiger partial charge in [-0.1, -0.05) is 57.0 Å². The lowest BCUT2D eigenvalue weighted by Gasteiger charge is -2.40. The Morgan fingerprint density at radius 3 is 2.06 bits per heavy atom. The van der Waals surface area contributed by atoms with E-state index in [1.54, 1.807) is 25.7 Å². The molecule has 0 spiro atoms. The van der Waals surface area contributed by atoms with Crippen LogP contribution in [-0.2, 0) is 14.3 Å². The van der Waals surface area contributed by atoms with Gasteiger partial charge in [0.2, 0.25) is 11.8 Å². The van der Waals surface area contributed by atoms with E-state index in [1.165, 1.54) is 0 Å². The molecule has 0 saturated carbocycles. The summed E-state index contributed by atoms with van der Waals surface area (Å²) in [5.41, 5.74) is 0.563. The first-order valence-corrected chi connectivity index (χ1v) is 12.7. The number of nitrogens with zero attached hydrogens (tertiary/aromatic N) is 1. The number of ether oxygens (including phenoxy) is 1. The largest absolute Gasteiger partial charge is 0.444 e. The van der Waals surface area contributed by atoms with Gasteiger partial charge in [-0.2, -0.15) is 0 Å². The highest BCUT2D eigenvalue weighted by molar-refractivity contribution is 5.92. The molecular formula is C28H47N3O4. The molecule has 0 aliphatic rings. The van der Waals surface area contributed by atoms with Crippen LogP contribution in [0.1, 0.15) is 99.2 Å². The molecule has 1 aromatic carbocycles. The lowest BCUT2D eigenvalue weighted by atomic mass is 9.93. The van der Waals surface area contributed by atoms with Crippen LogP contribution in [0.15, 0.2) is 24.3 Å². The molecule has 3 amide bonds. The summed E-state index contributed by atoms with van der Waals surface area (Å²) in [7, 11) is 0. The lowest BCUT2D eigenvalue weighted by molar-refractivity contribution is -0.146. The molecule has 7 nitrogen and oxygen atoms in total. The zero-order valence-corrected chi connectivity index (χ0v) is 23.6. The summed E-state index contributed by atoms with van der Waals surface area (Å²) in [6, 6.07) is 5.75. The standard InChI is InChI=1S/C28H47N3O4/c1-12-19(4)22(29-26(34)35-28(9,10)11)25(33)31(20(5)13-2)23(24(32)30-27(6,7)8)21-16-14-15-18(3)17-21/h14-17,19-20,22-23H,12-13H2,1-11H3,(H,29,34)(H,30,32). The maximum absolute atomic E-state index is 14.2. The molecule has 0 heterocycles. The summed E-state index contributed by atoms with van der Waals surface area (Å²) in [6.45, 7) is 20.9. The van der Waals surface area contributed by atoms with Crippen molar-refractivity contribution in [3.8, 4) is 0 Å². The number of carbonyl (C=O) groups excluding carboxylic acids is 3. The third-order valence-corrected chi connectivity index (χ3v) is 5.85. The van der Waals surface area contributed by atoms with E-state index in [0.29, 0.717) is 12.8 Å². The van der Waals surface area contributed by atoms with E-state index < -0.39 is 29.3 Å². The average molecular weight is 490 g/mol. The first-order chi connectivity index (χ1) is 16.0. The number of alkyl carbamates (subject to hydrolysis) is 1. The molecule has 1 aromatic rings. The molecule has 0 fully saturated rings. The van der Waals surface area contributed by atoms with Crippen molar-refractivity contribution in [2.45, 2.75) is 118 Å². The Balaban J connectivity index is 3.59. The highest BCUT2D eigenvalue weighted by atomic mass is 16.6. The molecule has 0 bridgehead atoms. The second-order valence-electron chi connectivity index (χ2n) is 11.6. The van der Waals surface area contributed by atoms with Gasteiger partial charge in [-0.15, -0.1) is 0 Å². The first-order valence-electron chi connectivity index (χ1n) is 12.7. The van der Waals surface area contributed by atoms with Crippen LogP contribution in [0.25, 0.3) is 0 Å². The molecule has 0 aliphatic carbocycles. The van der Waals surface area contributed by atoms with Crippen molar-refractivity contribution in [2.24, 2.45) is 5.92 Å². The molecule has 7 heteroatoms. The summed E-state index contributed by atoms with van der Waals surface area (Å²) in [5, 5.41) is 5.86. The third kappa shape index (κ3) is 9.54. The van der Waals surface area contributed by atoms with E-state index in [-0.39, 0.29) is 23.8 Å². The smallest absolute Gasteiger partial charge is 0.408 e. The van der Waals surface area contributed by atoms with E-state index in [4.69, 9.17) is 4.74 Å². The Kier molecular flexibility index (Phi) is 10.8. The molecule has 4 atom stereocenters. The van der Waals surface area contributed by atoms with E-state index in [0.717, 1.165) is 11.1 Å². The fraction of sp³-hybridized carbons (Fsp3) is 0.679. The van der Waals surface area contributed by atoms with Gasteiger partial charge in [-0.25, -0.2) is 4.79 Å². The summed E-state index contributed by atoms with van der Waals surface area (Å²) in [5.74, 6) is -0.711. The summed E-state index contributed by atoms with van der Waals surface area (Å²) >= 11 is 0. The molecule has 35 heavy (non-hydrogen) atoms. The highest BCUT2D eigenvalue weighted by Gasteiger charge is 2.40. The topological polar surface area (TPSA) is 87.7 Å². The van der Waals surface area contributed by atoms with E-state index in [9.17, 15) is 14.4 Å². The van der Waals surface area contributed by atoms with Crippen molar-refractivity contribution >= 4 is 17.9 Å². The van der Waals surface area contributed by atoms with Gasteiger partial charge in [0.1, 0.15) is 17.7 Å². The van der Waals surface area contributed by atoms with Crippen LogP contribution in [0.5, 0.6) is 0 Å². The zero-order valence-electron chi connectivity index (χ0n) is 23.6. The average Bonchev–Trinajstić information content (AvgIpc) is 2.71. The molecule has 0 aromatic heterocycles. The third-order valence-electron chi connectivity index (χ3n) is 5.85. The minimum absolute atomic E-state index is 0.162. The number of carbonyl (C=O) groups is 3. The first kappa shape index (κ1) is 30.5. The minimum Gasteiger partial charge on any atom is -0.444 e. The Labute approximate surface area is 212 Å². The van der Waals surface area contributed by atoms with Gasteiger partial charge in [-0.3, -0.25) is 9.59 Å². The molecular weight excluding hydrogens is 442 g/mol. The Bertz CT molecular complexity index is 870. The number of rotatable bonds is 9. The normalized spacial score (nSPS) is 15.4. The molecule has 0 aliphatic heterocycles. The van der Waals surface area contributed by atoms with Gasteiger partial charge in [0.25, 0.3) is 0 Å². The minimum atomic E-state index is -0.844. The summed E-state index contributed by atoms with van der Waals surface area (Å²) in [6.07, 6.45) is 0.673. The zero-order chi connectivity index (χ0) is 27.1. The van der Waals surface area contributed by atoms with Crippen molar-refractivity contribution in [3.05, 3.63) is 35.4 Å². The summed E-state index contributed by atoms with van der Waals surface area (Å²) in [4.78, 5) is 42.2. The lowest BCUT2D eigenvalue weighted by Crippen LogP contribution is -2.58. The molecule has 0 saturated heterocycles. The second kappa shape index (κ2) is 12.4. The molecule has 2 N–H and O–H groups in total. The molecule has 0 radical (unpaired) electrons. The maximum Gasteiger partial charge on any atom is 0.408 e. The summed E-state index contributed by atoms with van der Waals surface area (Å²) < 4.78 is 5.45. The van der Waals surface area contributed by atoms with Crippen LogP contribution in [0, 0.1) is 12.8 Å². The number of benzene rings is 1. The van der Waals surface area contributed by atoms with Gasteiger partial charge in [0.15, 0.2) is 0 Å². The van der Waals surface area contributed by atoms with Gasteiger partial charge in [-0.05, 0) is 73.3 Å². The van der Waals surface area contributed by atoms with Crippen molar-refractivity contribution < 1.29 is 19.1 Å². The van der Waals surface area contributed by atoms with Crippen LogP contribution in [0.3, 0.4) is 0 Å². The van der Waals surface area contributed by atoms with Crippen LogP contribution >= 0.6 is 0 Å². The number of amides is 3. The Morgan fingerprint density at radius 1 is 1.00 bits per heavy atom. The van der Waals surface area contributed by atoms with Crippen molar-refractivity contribution in [2.75, 3.05) is 0 Å². The van der Waals surface area contributed by atoms with Crippen LogP contribution < -0.4 is 10.6 Å².